The molecular weight excluding hydrogens is 385 g/mol. The van der Waals surface area contributed by atoms with Gasteiger partial charge in [-0.2, -0.15) is 4.31 Å². The van der Waals surface area contributed by atoms with Crippen LogP contribution < -0.4 is 0 Å². The lowest BCUT2D eigenvalue weighted by Gasteiger charge is -2.24. The van der Waals surface area contributed by atoms with E-state index >= 15 is 0 Å². The monoisotopic (exact) mass is 403 g/mol. The van der Waals surface area contributed by atoms with E-state index in [9.17, 15) is 12.8 Å². The predicted molar refractivity (Wildman–Crippen MR) is 105 cm³/mol. The molecule has 0 aliphatic carbocycles. The molecule has 0 radical (unpaired) electrons. The zero-order valence-electron chi connectivity index (χ0n) is 14.8. The minimum absolute atomic E-state index is 0.0463. The Morgan fingerprint density at radius 1 is 0.852 bits per heavy atom. The van der Waals surface area contributed by atoms with Crippen molar-refractivity contribution in [3.05, 3.63) is 100 Å². The molecule has 0 spiro atoms. The Labute approximate surface area is 164 Å². The molecule has 0 N–H and O–H groups in total. The van der Waals surface area contributed by atoms with Gasteiger partial charge in [0.15, 0.2) is 0 Å². The lowest BCUT2D eigenvalue weighted by atomic mass is 10.1. The summed E-state index contributed by atoms with van der Waals surface area (Å²) in [5.41, 5.74) is 2.47. The van der Waals surface area contributed by atoms with Crippen LogP contribution >= 0.6 is 11.6 Å². The van der Waals surface area contributed by atoms with E-state index in [4.69, 9.17) is 11.6 Å². The molecule has 140 valence electrons. The first kappa shape index (κ1) is 19.5. The third kappa shape index (κ3) is 4.38. The van der Waals surface area contributed by atoms with E-state index in [0.717, 1.165) is 17.2 Å². The summed E-state index contributed by atoms with van der Waals surface area (Å²) in [7, 11) is -4.06. The average molecular weight is 404 g/mol. The second-order valence-corrected chi connectivity index (χ2v) is 8.53. The van der Waals surface area contributed by atoms with Crippen LogP contribution in [0.5, 0.6) is 0 Å². The molecule has 0 aliphatic heterocycles. The number of hydrogen-bond donors (Lipinski definition) is 0. The smallest absolute Gasteiger partial charge is 0.207 e. The van der Waals surface area contributed by atoms with Crippen LogP contribution in [-0.2, 0) is 23.1 Å². The molecule has 6 heteroatoms. The average Bonchev–Trinajstić information content (AvgIpc) is 2.64. The molecule has 0 aliphatic rings. The quantitative estimate of drug-likeness (QED) is 0.568. The van der Waals surface area contributed by atoms with Crippen molar-refractivity contribution in [1.29, 1.82) is 0 Å². The molecule has 3 aromatic rings. The standard InChI is InChI=1S/C21H19ClFNO2S/c1-16-8-2-3-9-17(16)14-24(15-18-10-4-5-11-19(18)22)27(25,26)21-13-7-6-12-20(21)23/h2-13H,14-15H2,1H3. The van der Waals surface area contributed by atoms with Crippen LogP contribution in [0.25, 0.3) is 0 Å². The predicted octanol–water partition coefficient (Wildman–Crippen LogP) is 5.18. The third-order valence-corrected chi connectivity index (χ3v) is 6.56. The van der Waals surface area contributed by atoms with Gasteiger partial charge in [-0.3, -0.25) is 0 Å². The van der Waals surface area contributed by atoms with E-state index in [-0.39, 0.29) is 18.0 Å². The van der Waals surface area contributed by atoms with E-state index in [1.807, 2.05) is 31.2 Å². The highest BCUT2D eigenvalue weighted by Crippen LogP contribution is 2.26. The minimum Gasteiger partial charge on any atom is -0.207 e. The van der Waals surface area contributed by atoms with Crippen LogP contribution in [0.15, 0.2) is 77.7 Å². The molecule has 3 nitrogen and oxygen atoms in total. The van der Waals surface area contributed by atoms with Gasteiger partial charge in [0.05, 0.1) is 0 Å². The Kier molecular flexibility index (Phi) is 5.95. The fraction of sp³-hybridized carbons (Fsp3) is 0.143. The second-order valence-electron chi connectivity index (χ2n) is 6.22. The summed E-state index contributed by atoms with van der Waals surface area (Å²) in [6.07, 6.45) is 0. The maximum absolute atomic E-state index is 14.2. The number of aryl methyl sites for hydroxylation is 1. The van der Waals surface area contributed by atoms with Crippen LogP contribution in [0.4, 0.5) is 4.39 Å². The summed E-state index contributed by atoms with van der Waals surface area (Å²) in [5, 5.41) is 0.469. The van der Waals surface area contributed by atoms with E-state index in [1.165, 1.54) is 22.5 Å². The van der Waals surface area contributed by atoms with Crippen molar-refractivity contribution in [3.8, 4) is 0 Å². The van der Waals surface area contributed by atoms with Gasteiger partial charge in [0.2, 0.25) is 10.0 Å². The highest BCUT2D eigenvalue weighted by atomic mass is 35.5. The van der Waals surface area contributed by atoms with Gasteiger partial charge in [0.25, 0.3) is 0 Å². The summed E-state index contributed by atoms with van der Waals surface area (Å²) < 4.78 is 42.0. The minimum atomic E-state index is -4.06. The highest BCUT2D eigenvalue weighted by Gasteiger charge is 2.28. The van der Waals surface area contributed by atoms with Gasteiger partial charge in [-0.05, 0) is 41.8 Å². The molecule has 0 amide bonds. The molecule has 0 heterocycles. The molecule has 27 heavy (non-hydrogen) atoms. The summed E-state index contributed by atoms with van der Waals surface area (Å²) in [4.78, 5) is -0.342. The lowest BCUT2D eigenvalue weighted by Crippen LogP contribution is -2.31. The molecule has 0 atom stereocenters. The van der Waals surface area contributed by atoms with Gasteiger partial charge >= 0.3 is 0 Å². The molecule has 3 rings (SSSR count). The lowest BCUT2D eigenvalue weighted by molar-refractivity contribution is 0.397. The first-order valence-electron chi connectivity index (χ1n) is 8.42. The maximum Gasteiger partial charge on any atom is 0.246 e. The van der Waals surface area contributed by atoms with E-state index < -0.39 is 15.8 Å². The number of sulfonamides is 1. The first-order valence-corrected chi connectivity index (χ1v) is 10.2. The Morgan fingerprint density at radius 2 is 1.41 bits per heavy atom. The Bertz CT molecular complexity index is 1010. The number of benzene rings is 3. The molecule has 0 saturated heterocycles. The van der Waals surface area contributed by atoms with Crippen molar-refractivity contribution in [2.45, 2.75) is 24.9 Å². The fourth-order valence-corrected chi connectivity index (χ4v) is 4.47. The zero-order chi connectivity index (χ0) is 19.4. The van der Waals surface area contributed by atoms with Crippen molar-refractivity contribution in [2.24, 2.45) is 0 Å². The topological polar surface area (TPSA) is 37.4 Å². The zero-order valence-corrected chi connectivity index (χ0v) is 16.3. The summed E-state index contributed by atoms with van der Waals surface area (Å²) in [6.45, 7) is 2.08. The normalized spacial score (nSPS) is 11.7. The molecule has 0 aromatic heterocycles. The van der Waals surface area contributed by atoms with Crippen LogP contribution in [0, 0.1) is 12.7 Å². The third-order valence-electron chi connectivity index (χ3n) is 4.37. The molecule has 3 aromatic carbocycles. The van der Waals surface area contributed by atoms with Gasteiger partial charge in [-0.25, -0.2) is 12.8 Å². The van der Waals surface area contributed by atoms with Gasteiger partial charge in [0, 0.05) is 18.1 Å². The van der Waals surface area contributed by atoms with Crippen molar-refractivity contribution in [1.82, 2.24) is 4.31 Å². The van der Waals surface area contributed by atoms with Gasteiger partial charge in [-0.15, -0.1) is 0 Å². The SMILES string of the molecule is Cc1ccccc1CN(Cc1ccccc1Cl)S(=O)(=O)c1ccccc1F. The summed E-state index contributed by atoms with van der Waals surface area (Å²) >= 11 is 6.23. The molecule has 0 unspecified atom stereocenters. The number of hydrogen-bond acceptors (Lipinski definition) is 2. The Balaban J connectivity index is 2.05. The maximum atomic E-state index is 14.2. The summed E-state index contributed by atoms with van der Waals surface area (Å²) in [5.74, 6) is -0.772. The highest BCUT2D eigenvalue weighted by molar-refractivity contribution is 7.89. The molecule has 0 bridgehead atoms. The van der Waals surface area contributed by atoms with Gasteiger partial charge in [0.1, 0.15) is 10.7 Å². The first-order chi connectivity index (χ1) is 12.9. The van der Waals surface area contributed by atoms with Crippen LogP contribution in [0.1, 0.15) is 16.7 Å². The van der Waals surface area contributed by atoms with Crippen molar-refractivity contribution >= 4 is 21.6 Å². The Hall–Kier alpha value is -2.21. The molecular formula is C21H19ClFNO2S. The Morgan fingerprint density at radius 3 is 2.07 bits per heavy atom. The fourth-order valence-electron chi connectivity index (χ4n) is 2.81. The number of nitrogens with zero attached hydrogens (tertiary/aromatic N) is 1. The van der Waals surface area contributed by atoms with Crippen molar-refractivity contribution in [2.75, 3.05) is 0 Å². The van der Waals surface area contributed by atoms with E-state index in [0.29, 0.717) is 10.6 Å². The molecule has 0 fully saturated rings. The van der Waals surface area contributed by atoms with E-state index in [2.05, 4.69) is 0 Å². The molecule has 0 saturated carbocycles. The largest absolute Gasteiger partial charge is 0.246 e. The van der Waals surface area contributed by atoms with Crippen LogP contribution in [0.2, 0.25) is 5.02 Å². The second kappa shape index (κ2) is 8.21. The van der Waals surface area contributed by atoms with Gasteiger partial charge < -0.3 is 0 Å². The number of halogens is 2. The number of rotatable bonds is 6. The van der Waals surface area contributed by atoms with Crippen LogP contribution in [-0.4, -0.2) is 12.7 Å². The van der Waals surface area contributed by atoms with E-state index in [1.54, 1.807) is 24.3 Å². The van der Waals surface area contributed by atoms with Crippen molar-refractivity contribution < 1.29 is 12.8 Å². The van der Waals surface area contributed by atoms with Gasteiger partial charge in [-0.1, -0.05) is 66.2 Å². The van der Waals surface area contributed by atoms with Crippen molar-refractivity contribution in [3.63, 3.8) is 0 Å². The van der Waals surface area contributed by atoms with Crippen LogP contribution in [0.3, 0.4) is 0 Å². The summed E-state index contributed by atoms with van der Waals surface area (Å²) in [6, 6.07) is 20.0.